The third kappa shape index (κ3) is 2.96. The molecule has 0 saturated carbocycles. The van der Waals surface area contributed by atoms with Crippen LogP contribution in [0.2, 0.25) is 0 Å². The molecular weight excluding hydrogens is 330 g/mol. The average Bonchev–Trinajstić information content (AvgIpc) is 3.21. The second-order valence-corrected chi connectivity index (χ2v) is 6.61. The molecule has 1 aromatic carbocycles. The highest BCUT2D eigenvalue weighted by Gasteiger charge is 2.36. The lowest BCUT2D eigenvalue weighted by atomic mass is 10.1. The van der Waals surface area contributed by atoms with Crippen molar-refractivity contribution in [3.05, 3.63) is 36.0 Å². The molecule has 2 amide bonds. The minimum absolute atomic E-state index is 0.236. The number of carboxylic acid groups (broad SMARTS) is 1. The molecule has 0 spiro atoms. The Kier molecular flexibility index (Phi) is 4.48. The Morgan fingerprint density at radius 2 is 2.12 bits per heavy atom. The standard InChI is InChI=1S/C16H17N3O4S/c1-9(16(22)23)18-14(20)13-7-24-8-19(13)15(21)11-6-17-12-5-3-2-4-10(11)12/h2-6,9,13,17H,7-8H2,1H3,(H,18,20)(H,22,23). The van der Waals surface area contributed by atoms with Gasteiger partial charge >= 0.3 is 5.97 Å². The number of nitrogens with one attached hydrogen (secondary N) is 2. The van der Waals surface area contributed by atoms with Crippen LogP contribution in [0.3, 0.4) is 0 Å². The van der Waals surface area contributed by atoms with Gasteiger partial charge in [0.2, 0.25) is 5.91 Å². The summed E-state index contributed by atoms with van der Waals surface area (Å²) < 4.78 is 0. The number of aliphatic carboxylic acids is 1. The summed E-state index contributed by atoms with van der Waals surface area (Å²) >= 11 is 1.47. The molecule has 7 nitrogen and oxygen atoms in total. The molecule has 2 heterocycles. The van der Waals surface area contributed by atoms with Crippen LogP contribution < -0.4 is 5.32 Å². The number of benzene rings is 1. The van der Waals surface area contributed by atoms with Gasteiger partial charge in [-0.15, -0.1) is 11.8 Å². The summed E-state index contributed by atoms with van der Waals surface area (Å²) in [5.74, 6) is -0.934. The van der Waals surface area contributed by atoms with E-state index >= 15 is 0 Å². The number of carbonyl (C=O) groups excluding carboxylic acids is 2. The number of aromatic nitrogens is 1. The Morgan fingerprint density at radius 3 is 2.88 bits per heavy atom. The Hall–Kier alpha value is -2.48. The lowest BCUT2D eigenvalue weighted by Gasteiger charge is -2.23. The Labute approximate surface area is 142 Å². The van der Waals surface area contributed by atoms with E-state index in [0.29, 0.717) is 17.2 Å². The first kappa shape index (κ1) is 16.4. The maximum absolute atomic E-state index is 12.9. The van der Waals surface area contributed by atoms with Gasteiger partial charge in [-0.05, 0) is 13.0 Å². The van der Waals surface area contributed by atoms with Crippen LogP contribution in [0, 0.1) is 0 Å². The fourth-order valence-electron chi connectivity index (χ4n) is 2.63. The van der Waals surface area contributed by atoms with Crippen molar-refractivity contribution in [1.29, 1.82) is 0 Å². The van der Waals surface area contributed by atoms with E-state index in [9.17, 15) is 14.4 Å². The van der Waals surface area contributed by atoms with Crippen LogP contribution in [0.25, 0.3) is 10.9 Å². The summed E-state index contributed by atoms with van der Waals surface area (Å²) in [7, 11) is 0. The van der Waals surface area contributed by atoms with Gasteiger partial charge < -0.3 is 20.3 Å². The number of amides is 2. The highest BCUT2D eigenvalue weighted by molar-refractivity contribution is 7.99. The van der Waals surface area contributed by atoms with Gasteiger partial charge in [0.25, 0.3) is 5.91 Å². The van der Waals surface area contributed by atoms with Gasteiger partial charge in [0.05, 0.1) is 11.4 Å². The summed E-state index contributed by atoms with van der Waals surface area (Å²) in [4.78, 5) is 40.6. The van der Waals surface area contributed by atoms with E-state index in [-0.39, 0.29) is 5.91 Å². The van der Waals surface area contributed by atoms with Gasteiger partial charge in [0.1, 0.15) is 12.1 Å². The number of carbonyl (C=O) groups is 3. The fraction of sp³-hybridized carbons (Fsp3) is 0.312. The summed E-state index contributed by atoms with van der Waals surface area (Å²) in [5, 5.41) is 12.2. The number of hydrogen-bond acceptors (Lipinski definition) is 4. The van der Waals surface area contributed by atoms with Crippen LogP contribution in [-0.2, 0) is 9.59 Å². The van der Waals surface area contributed by atoms with Crippen molar-refractivity contribution in [2.75, 3.05) is 11.6 Å². The molecule has 1 saturated heterocycles. The number of nitrogens with zero attached hydrogens (tertiary/aromatic N) is 1. The molecule has 2 atom stereocenters. The summed E-state index contributed by atoms with van der Waals surface area (Å²) in [5.41, 5.74) is 1.37. The number of rotatable bonds is 4. The number of H-pyrrole nitrogens is 1. The third-order valence-electron chi connectivity index (χ3n) is 3.99. The Morgan fingerprint density at radius 1 is 1.38 bits per heavy atom. The third-order valence-corrected chi connectivity index (χ3v) is 5.01. The van der Waals surface area contributed by atoms with Crippen LogP contribution in [0.4, 0.5) is 0 Å². The molecule has 126 valence electrons. The Balaban J connectivity index is 1.81. The number of fused-ring (bicyclic) bond motifs is 1. The zero-order chi connectivity index (χ0) is 17.3. The number of para-hydroxylation sites is 1. The molecular formula is C16H17N3O4S. The summed E-state index contributed by atoms with van der Waals surface area (Å²) in [6.07, 6.45) is 1.64. The van der Waals surface area contributed by atoms with Crippen LogP contribution in [0.5, 0.6) is 0 Å². The fourth-order valence-corrected chi connectivity index (χ4v) is 3.79. The maximum atomic E-state index is 12.9. The predicted octanol–water partition coefficient (Wildman–Crippen LogP) is 1.27. The van der Waals surface area contributed by atoms with Crippen LogP contribution >= 0.6 is 11.8 Å². The SMILES string of the molecule is CC(NC(=O)C1CSCN1C(=O)c1c[nH]c2ccccc12)C(=O)O. The largest absolute Gasteiger partial charge is 0.480 e. The molecule has 1 aromatic heterocycles. The van der Waals surface area contributed by atoms with Gasteiger partial charge in [-0.25, -0.2) is 0 Å². The molecule has 1 aliphatic heterocycles. The van der Waals surface area contributed by atoms with Crippen molar-refractivity contribution in [1.82, 2.24) is 15.2 Å². The first-order valence-corrected chi connectivity index (χ1v) is 8.62. The molecule has 0 aliphatic carbocycles. The quantitative estimate of drug-likeness (QED) is 0.773. The molecule has 2 aromatic rings. The first-order chi connectivity index (χ1) is 11.5. The molecule has 1 aliphatic rings. The number of hydrogen-bond donors (Lipinski definition) is 3. The van der Waals surface area contributed by atoms with E-state index < -0.39 is 24.0 Å². The lowest BCUT2D eigenvalue weighted by Crippen LogP contribution is -2.51. The summed E-state index contributed by atoms with van der Waals surface area (Å²) in [6.45, 7) is 1.40. The van der Waals surface area contributed by atoms with Crippen molar-refractivity contribution in [2.24, 2.45) is 0 Å². The smallest absolute Gasteiger partial charge is 0.325 e. The Bertz CT molecular complexity index is 803. The van der Waals surface area contributed by atoms with E-state index in [4.69, 9.17) is 5.11 Å². The molecule has 3 rings (SSSR count). The minimum atomic E-state index is -1.11. The molecule has 8 heteroatoms. The van der Waals surface area contributed by atoms with Crippen molar-refractivity contribution < 1.29 is 19.5 Å². The average molecular weight is 347 g/mol. The molecule has 0 radical (unpaired) electrons. The van der Waals surface area contributed by atoms with Crippen molar-refractivity contribution in [2.45, 2.75) is 19.0 Å². The number of thioether (sulfide) groups is 1. The first-order valence-electron chi connectivity index (χ1n) is 7.47. The van der Waals surface area contributed by atoms with E-state index in [0.717, 1.165) is 10.9 Å². The maximum Gasteiger partial charge on any atom is 0.325 e. The number of aromatic amines is 1. The van der Waals surface area contributed by atoms with E-state index in [1.54, 1.807) is 6.20 Å². The molecule has 0 bridgehead atoms. The van der Waals surface area contributed by atoms with Crippen molar-refractivity contribution in [3.63, 3.8) is 0 Å². The van der Waals surface area contributed by atoms with E-state index in [1.165, 1.54) is 23.6 Å². The van der Waals surface area contributed by atoms with Gasteiger partial charge in [-0.3, -0.25) is 14.4 Å². The van der Waals surface area contributed by atoms with Crippen LogP contribution in [0.1, 0.15) is 17.3 Å². The van der Waals surface area contributed by atoms with E-state index in [2.05, 4.69) is 10.3 Å². The van der Waals surface area contributed by atoms with Gasteiger partial charge in [0, 0.05) is 22.9 Å². The minimum Gasteiger partial charge on any atom is -0.480 e. The molecule has 24 heavy (non-hydrogen) atoms. The molecule has 3 N–H and O–H groups in total. The monoisotopic (exact) mass is 347 g/mol. The second-order valence-electron chi connectivity index (χ2n) is 5.61. The normalized spacial score (nSPS) is 18.5. The van der Waals surface area contributed by atoms with Crippen molar-refractivity contribution in [3.8, 4) is 0 Å². The second kappa shape index (κ2) is 6.56. The van der Waals surface area contributed by atoms with Gasteiger partial charge in [0.15, 0.2) is 0 Å². The summed E-state index contributed by atoms with van der Waals surface area (Å²) in [6, 6.07) is 5.80. The van der Waals surface area contributed by atoms with Crippen molar-refractivity contribution >= 4 is 40.4 Å². The topological polar surface area (TPSA) is 103 Å². The lowest BCUT2D eigenvalue weighted by molar-refractivity contribution is -0.141. The van der Waals surface area contributed by atoms with Gasteiger partial charge in [-0.1, -0.05) is 18.2 Å². The van der Waals surface area contributed by atoms with Gasteiger partial charge in [-0.2, -0.15) is 0 Å². The zero-order valence-electron chi connectivity index (χ0n) is 13.0. The highest BCUT2D eigenvalue weighted by atomic mass is 32.2. The molecule has 1 fully saturated rings. The highest BCUT2D eigenvalue weighted by Crippen LogP contribution is 2.26. The predicted molar refractivity (Wildman–Crippen MR) is 90.8 cm³/mol. The van der Waals surface area contributed by atoms with Crippen LogP contribution in [0.15, 0.2) is 30.5 Å². The van der Waals surface area contributed by atoms with Crippen LogP contribution in [-0.4, -0.2) is 56.5 Å². The number of carboxylic acids is 1. The van der Waals surface area contributed by atoms with E-state index in [1.807, 2.05) is 24.3 Å². The zero-order valence-corrected chi connectivity index (χ0v) is 13.8. The molecule has 2 unspecified atom stereocenters.